The Bertz CT molecular complexity index is 401. The Labute approximate surface area is 95.6 Å². The number of carbonyl (C=O) groups excluding carboxylic acids is 1. The topological polar surface area (TPSA) is 44.4 Å². The molecule has 1 amide bonds. The molecule has 2 N–H and O–H groups in total. The van der Waals surface area contributed by atoms with Crippen LogP contribution in [0.15, 0.2) is 18.2 Å². The number of rotatable bonds is 3. The normalized spacial score (nSPS) is 13.4. The molecule has 0 spiro atoms. The number of hydrogen-bond acceptors (Lipinski definition) is 3. The largest absolute Gasteiger partial charge is 0.376 e. The zero-order valence-corrected chi connectivity index (χ0v) is 9.71. The van der Waals surface area contributed by atoms with Crippen LogP contribution in [0.5, 0.6) is 0 Å². The third kappa shape index (κ3) is 2.17. The Morgan fingerprint density at radius 3 is 3.00 bits per heavy atom. The van der Waals surface area contributed by atoms with Crippen molar-refractivity contribution >= 4 is 11.6 Å². The number of nitrogens with one attached hydrogen (secondary N) is 2. The molecule has 0 radical (unpaired) electrons. The highest BCUT2D eigenvalue weighted by Gasteiger charge is 2.14. The smallest absolute Gasteiger partial charge is 0.241 e. The van der Waals surface area contributed by atoms with Crippen molar-refractivity contribution in [3.05, 3.63) is 29.3 Å². The maximum absolute atomic E-state index is 11.5. The summed E-state index contributed by atoms with van der Waals surface area (Å²) in [5.74, 6) is 0.0866. The van der Waals surface area contributed by atoms with E-state index in [2.05, 4.69) is 16.7 Å². The van der Waals surface area contributed by atoms with Gasteiger partial charge in [0.05, 0.1) is 6.54 Å². The van der Waals surface area contributed by atoms with Crippen LogP contribution in [0.2, 0.25) is 0 Å². The van der Waals surface area contributed by atoms with Gasteiger partial charge in [0.1, 0.15) is 0 Å². The fourth-order valence-corrected chi connectivity index (χ4v) is 1.83. The second kappa shape index (κ2) is 4.53. The summed E-state index contributed by atoms with van der Waals surface area (Å²) in [4.78, 5) is 13.1. The summed E-state index contributed by atoms with van der Waals surface area (Å²) in [7, 11) is 3.53. The number of nitrogens with zero attached hydrogens (tertiary/aromatic N) is 1. The minimum Gasteiger partial charge on any atom is -0.376 e. The monoisotopic (exact) mass is 219 g/mol. The van der Waals surface area contributed by atoms with Gasteiger partial charge >= 0.3 is 0 Å². The second-order valence-electron chi connectivity index (χ2n) is 4.19. The Morgan fingerprint density at radius 1 is 1.44 bits per heavy atom. The summed E-state index contributed by atoms with van der Waals surface area (Å²) >= 11 is 0. The van der Waals surface area contributed by atoms with Gasteiger partial charge in [-0.3, -0.25) is 4.79 Å². The molecule has 2 rings (SSSR count). The average molecular weight is 219 g/mol. The summed E-state index contributed by atoms with van der Waals surface area (Å²) in [6.45, 7) is 2.16. The highest BCUT2D eigenvalue weighted by molar-refractivity contribution is 5.80. The highest BCUT2D eigenvalue weighted by Crippen LogP contribution is 2.23. The van der Waals surface area contributed by atoms with Gasteiger partial charge in [0.25, 0.3) is 0 Å². The standard InChI is InChI=1S/C12H17N3O/c1-15(2)12(16)8-14-11-5-3-4-9-6-13-7-10(9)11/h3-5,13-14H,6-8H2,1-2H3. The van der Waals surface area contributed by atoms with Crippen molar-refractivity contribution in [2.75, 3.05) is 26.0 Å². The molecule has 0 aromatic heterocycles. The molecule has 1 aromatic rings. The van der Waals surface area contributed by atoms with E-state index in [0.29, 0.717) is 6.54 Å². The van der Waals surface area contributed by atoms with Gasteiger partial charge < -0.3 is 15.5 Å². The van der Waals surface area contributed by atoms with E-state index in [1.807, 2.05) is 12.1 Å². The first-order chi connectivity index (χ1) is 7.68. The van der Waals surface area contributed by atoms with Gasteiger partial charge in [0, 0.05) is 32.9 Å². The number of likely N-dealkylation sites (N-methyl/N-ethyl adjacent to an activating group) is 1. The fraction of sp³-hybridized carbons (Fsp3) is 0.417. The molecular formula is C12H17N3O. The van der Waals surface area contributed by atoms with E-state index in [4.69, 9.17) is 0 Å². The molecule has 86 valence electrons. The lowest BCUT2D eigenvalue weighted by Gasteiger charge is -2.13. The number of hydrogen-bond donors (Lipinski definition) is 2. The first-order valence-electron chi connectivity index (χ1n) is 5.44. The van der Waals surface area contributed by atoms with E-state index in [1.54, 1.807) is 19.0 Å². The van der Waals surface area contributed by atoms with E-state index >= 15 is 0 Å². The summed E-state index contributed by atoms with van der Waals surface area (Å²) < 4.78 is 0. The molecule has 4 heteroatoms. The van der Waals surface area contributed by atoms with Crippen LogP contribution >= 0.6 is 0 Å². The Balaban J connectivity index is 2.05. The van der Waals surface area contributed by atoms with Crippen LogP contribution < -0.4 is 10.6 Å². The van der Waals surface area contributed by atoms with Crippen molar-refractivity contribution in [1.29, 1.82) is 0 Å². The quantitative estimate of drug-likeness (QED) is 0.790. The van der Waals surface area contributed by atoms with Crippen LogP contribution in [0.4, 0.5) is 5.69 Å². The number of anilines is 1. The summed E-state index contributed by atoms with van der Waals surface area (Å²) in [5, 5.41) is 6.50. The summed E-state index contributed by atoms with van der Waals surface area (Å²) in [6.07, 6.45) is 0. The molecule has 0 bridgehead atoms. The lowest BCUT2D eigenvalue weighted by atomic mass is 10.1. The predicted molar refractivity (Wildman–Crippen MR) is 64.2 cm³/mol. The van der Waals surface area contributed by atoms with Gasteiger partial charge in [-0.15, -0.1) is 0 Å². The predicted octanol–water partition coefficient (Wildman–Crippen LogP) is 0.790. The van der Waals surface area contributed by atoms with Crippen LogP contribution in [0.1, 0.15) is 11.1 Å². The fourth-order valence-electron chi connectivity index (χ4n) is 1.83. The molecule has 0 atom stereocenters. The molecule has 0 saturated heterocycles. The van der Waals surface area contributed by atoms with E-state index < -0.39 is 0 Å². The SMILES string of the molecule is CN(C)C(=O)CNc1cccc2c1CNC2. The summed E-state index contributed by atoms with van der Waals surface area (Å²) in [6, 6.07) is 6.16. The zero-order valence-electron chi connectivity index (χ0n) is 9.71. The number of amides is 1. The number of carbonyl (C=O) groups is 1. The van der Waals surface area contributed by atoms with Gasteiger partial charge in [-0.2, -0.15) is 0 Å². The van der Waals surface area contributed by atoms with Crippen molar-refractivity contribution in [1.82, 2.24) is 10.2 Å². The van der Waals surface area contributed by atoms with E-state index in [1.165, 1.54) is 11.1 Å². The lowest BCUT2D eigenvalue weighted by Crippen LogP contribution is -2.28. The summed E-state index contributed by atoms with van der Waals surface area (Å²) in [5.41, 5.74) is 3.68. The first kappa shape index (κ1) is 11.0. The highest BCUT2D eigenvalue weighted by atomic mass is 16.2. The molecular weight excluding hydrogens is 202 g/mol. The molecule has 16 heavy (non-hydrogen) atoms. The molecule has 1 aliphatic rings. The maximum atomic E-state index is 11.5. The minimum atomic E-state index is 0.0866. The van der Waals surface area contributed by atoms with Crippen LogP contribution in [0.25, 0.3) is 0 Å². The van der Waals surface area contributed by atoms with Crippen molar-refractivity contribution < 1.29 is 4.79 Å². The maximum Gasteiger partial charge on any atom is 0.241 e. The van der Waals surface area contributed by atoms with Crippen molar-refractivity contribution in [3.8, 4) is 0 Å². The van der Waals surface area contributed by atoms with E-state index in [-0.39, 0.29) is 5.91 Å². The molecule has 1 aliphatic heterocycles. The van der Waals surface area contributed by atoms with Crippen LogP contribution in [0, 0.1) is 0 Å². The van der Waals surface area contributed by atoms with E-state index in [0.717, 1.165) is 18.8 Å². The zero-order chi connectivity index (χ0) is 11.5. The van der Waals surface area contributed by atoms with Gasteiger partial charge in [0.2, 0.25) is 5.91 Å². The third-order valence-corrected chi connectivity index (χ3v) is 2.82. The first-order valence-corrected chi connectivity index (χ1v) is 5.44. The Kier molecular flexibility index (Phi) is 3.10. The van der Waals surface area contributed by atoms with E-state index in [9.17, 15) is 4.79 Å². The average Bonchev–Trinajstić information content (AvgIpc) is 2.73. The molecule has 0 unspecified atom stereocenters. The van der Waals surface area contributed by atoms with Crippen molar-refractivity contribution in [3.63, 3.8) is 0 Å². The van der Waals surface area contributed by atoms with Crippen molar-refractivity contribution in [2.24, 2.45) is 0 Å². The van der Waals surface area contributed by atoms with Gasteiger partial charge in [-0.05, 0) is 17.2 Å². The molecule has 4 nitrogen and oxygen atoms in total. The molecule has 0 fully saturated rings. The molecule has 0 aliphatic carbocycles. The lowest BCUT2D eigenvalue weighted by molar-refractivity contribution is -0.126. The third-order valence-electron chi connectivity index (χ3n) is 2.82. The van der Waals surface area contributed by atoms with Gasteiger partial charge in [0.15, 0.2) is 0 Å². The Morgan fingerprint density at radius 2 is 2.25 bits per heavy atom. The number of benzene rings is 1. The second-order valence-corrected chi connectivity index (χ2v) is 4.19. The van der Waals surface area contributed by atoms with Crippen LogP contribution in [-0.2, 0) is 17.9 Å². The minimum absolute atomic E-state index is 0.0866. The van der Waals surface area contributed by atoms with Crippen LogP contribution in [0.3, 0.4) is 0 Å². The van der Waals surface area contributed by atoms with Gasteiger partial charge in [-0.1, -0.05) is 12.1 Å². The number of fused-ring (bicyclic) bond motifs is 1. The van der Waals surface area contributed by atoms with Crippen LogP contribution in [-0.4, -0.2) is 31.4 Å². The van der Waals surface area contributed by atoms with Crippen molar-refractivity contribution in [2.45, 2.75) is 13.1 Å². The molecule has 1 aromatic carbocycles. The molecule has 0 saturated carbocycles. The Hall–Kier alpha value is -1.55. The van der Waals surface area contributed by atoms with Gasteiger partial charge in [-0.25, -0.2) is 0 Å². The molecule has 1 heterocycles.